The van der Waals surface area contributed by atoms with Gasteiger partial charge in [0.1, 0.15) is 17.1 Å². The van der Waals surface area contributed by atoms with Gasteiger partial charge < -0.3 is 10.5 Å². The normalized spacial score (nSPS) is 11.9. The first-order valence-electron chi connectivity index (χ1n) is 11.4. The van der Waals surface area contributed by atoms with Crippen LogP contribution >= 0.6 is 0 Å². The number of amides is 1. The number of rotatable bonds is 6. The van der Waals surface area contributed by atoms with Crippen molar-refractivity contribution in [3.05, 3.63) is 82.2 Å². The molecule has 0 saturated carbocycles. The summed E-state index contributed by atoms with van der Waals surface area (Å²) >= 11 is 0. The van der Waals surface area contributed by atoms with Gasteiger partial charge in [-0.05, 0) is 69.2 Å². The number of nitrogens with zero attached hydrogens (tertiary/aromatic N) is 4. The maximum absolute atomic E-state index is 13.2. The van der Waals surface area contributed by atoms with Gasteiger partial charge in [0, 0.05) is 7.12 Å². The van der Waals surface area contributed by atoms with E-state index in [0.717, 1.165) is 22.4 Å². The number of alkyl halides is 3. The molecule has 0 fully saturated rings. The molecule has 39 heavy (non-hydrogen) atoms. The number of ether oxygens (including phenoxy) is 1. The first-order valence-corrected chi connectivity index (χ1v) is 12.8. The molecule has 10 nitrogen and oxygen atoms in total. The maximum Gasteiger partial charge on any atom is 0.435 e. The SMILES string of the molecule is Cc1cc(C)c(Oc2nc(-n3nc(C(F)(F)F)cc3C)ccc2C(=O)NS(=O)(=O)c2cccc(N)n2)c(C)c1.[HH]. The summed E-state index contributed by atoms with van der Waals surface area (Å²) in [5, 5.41) is 3.10. The van der Waals surface area contributed by atoms with E-state index in [1.54, 1.807) is 13.8 Å². The molecule has 0 unspecified atom stereocenters. The van der Waals surface area contributed by atoms with Crippen LogP contribution in [0.2, 0.25) is 0 Å². The number of sulfonamides is 1. The molecule has 1 aromatic carbocycles. The van der Waals surface area contributed by atoms with E-state index in [9.17, 15) is 26.4 Å². The number of halogens is 3. The van der Waals surface area contributed by atoms with E-state index < -0.39 is 32.8 Å². The molecule has 0 spiro atoms. The Balaban J connectivity index is 0.00000441. The zero-order valence-corrected chi connectivity index (χ0v) is 22.0. The molecule has 0 aliphatic carbocycles. The summed E-state index contributed by atoms with van der Waals surface area (Å²) in [6.07, 6.45) is -4.69. The quantitative estimate of drug-likeness (QED) is 0.346. The van der Waals surface area contributed by atoms with Gasteiger partial charge in [-0.1, -0.05) is 23.8 Å². The van der Waals surface area contributed by atoms with Crippen molar-refractivity contribution in [2.75, 3.05) is 5.73 Å². The van der Waals surface area contributed by atoms with Crippen LogP contribution in [0.4, 0.5) is 19.0 Å². The highest BCUT2D eigenvalue weighted by Crippen LogP contribution is 2.33. The molecule has 3 aromatic heterocycles. The van der Waals surface area contributed by atoms with Crippen LogP contribution in [0, 0.1) is 27.7 Å². The number of carbonyl (C=O) groups excluding carboxylic acids is 1. The fourth-order valence-corrected chi connectivity index (χ4v) is 4.82. The first-order chi connectivity index (χ1) is 18.2. The standard InChI is InChI=1S/C25H23F3N6O4S.H2/c1-13-10-14(2)22(15(3)11-13)38-24-17(23(35)33-39(36,37)21-7-5-6-19(29)30-21)8-9-20(31-24)34-16(4)12-18(32-34)25(26,27)28;/h5-12H,1-4H3,(H2,29,30)(H,33,35);1H. The number of hydrogen-bond acceptors (Lipinski definition) is 8. The van der Waals surface area contributed by atoms with Gasteiger partial charge in [0.2, 0.25) is 5.88 Å². The number of anilines is 1. The molecule has 0 aliphatic rings. The summed E-state index contributed by atoms with van der Waals surface area (Å²) in [6, 6.07) is 10.8. The average molecular weight is 563 g/mol. The highest BCUT2D eigenvalue weighted by atomic mass is 32.2. The van der Waals surface area contributed by atoms with Crippen molar-refractivity contribution < 1.29 is 32.5 Å². The lowest BCUT2D eigenvalue weighted by Gasteiger charge is -2.16. The minimum absolute atomic E-state index is 0. The van der Waals surface area contributed by atoms with Crippen molar-refractivity contribution >= 4 is 21.7 Å². The minimum atomic E-state index is -4.69. The Kier molecular flexibility index (Phi) is 7.08. The van der Waals surface area contributed by atoms with Gasteiger partial charge >= 0.3 is 6.18 Å². The summed E-state index contributed by atoms with van der Waals surface area (Å²) in [6.45, 7) is 6.82. The topological polar surface area (TPSA) is 142 Å². The Morgan fingerprint density at radius 2 is 1.69 bits per heavy atom. The van der Waals surface area contributed by atoms with Crippen molar-refractivity contribution in [2.24, 2.45) is 0 Å². The maximum atomic E-state index is 13.2. The van der Waals surface area contributed by atoms with Crippen LogP contribution in [-0.4, -0.2) is 34.1 Å². The molecular weight excluding hydrogens is 537 g/mol. The van der Waals surface area contributed by atoms with E-state index in [2.05, 4.69) is 15.1 Å². The first kappa shape index (κ1) is 27.6. The molecule has 1 amide bonds. The molecule has 0 bridgehead atoms. The Bertz CT molecular complexity index is 1680. The summed E-state index contributed by atoms with van der Waals surface area (Å²) in [5.74, 6) is -1.27. The molecule has 4 rings (SSSR count). The van der Waals surface area contributed by atoms with E-state index >= 15 is 0 Å². The van der Waals surface area contributed by atoms with Gasteiger partial charge in [0.15, 0.2) is 16.5 Å². The molecule has 0 radical (unpaired) electrons. The van der Waals surface area contributed by atoms with Crippen LogP contribution < -0.4 is 15.2 Å². The van der Waals surface area contributed by atoms with Gasteiger partial charge in [-0.25, -0.2) is 14.4 Å². The second-order valence-electron chi connectivity index (χ2n) is 8.77. The minimum Gasteiger partial charge on any atom is -0.438 e. The summed E-state index contributed by atoms with van der Waals surface area (Å²) in [4.78, 5) is 21.1. The summed E-state index contributed by atoms with van der Waals surface area (Å²) < 4.78 is 74.1. The zero-order chi connectivity index (χ0) is 28.7. The highest BCUT2D eigenvalue weighted by molar-refractivity contribution is 7.90. The number of benzene rings is 1. The van der Waals surface area contributed by atoms with E-state index in [0.29, 0.717) is 16.9 Å². The second kappa shape index (κ2) is 10.0. The largest absolute Gasteiger partial charge is 0.438 e. The number of nitrogens with two attached hydrogens (primary N) is 1. The molecule has 3 N–H and O–H groups in total. The van der Waals surface area contributed by atoms with Gasteiger partial charge in [-0.3, -0.25) is 4.79 Å². The van der Waals surface area contributed by atoms with Crippen molar-refractivity contribution in [1.82, 2.24) is 24.5 Å². The molecule has 0 aliphatic heterocycles. The number of carbonyl (C=O) groups is 1. The number of aryl methyl sites for hydroxylation is 4. The van der Waals surface area contributed by atoms with Gasteiger partial charge in [0.25, 0.3) is 15.9 Å². The number of nitrogens with one attached hydrogen (secondary N) is 1. The van der Waals surface area contributed by atoms with Crippen LogP contribution in [0.25, 0.3) is 5.82 Å². The number of nitrogen functional groups attached to an aromatic ring is 1. The van der Waals surface area contributed by atoms with E-state index in [1.165, 1.54) is 31.2 Å². The Hall–Kier alpha value is -4.46. The van der Waals surface area contributed by atoms with Crippen molar-refractivity contribution in [3.8, 4) is 17.4 Å². The van der Waals surface area contributed by atoms with E-state index in [-0.39, 0.29) is 30.2 Å². The Labute approximate surface area is 223 Å². The average Bonchev–Trinajstić information content (AvgIpc) is 3.23. The fraction of sp³-hybridized carbons (Fsp3) is 0.200. The lowest BCUT2D eigenvalue weighted by atomic mass is 10.1. The lowest BCUT2D eigenvalue weighted by Crippen LogP contribution is -2.31. The van der Waals surface area contributed by atoms with Crippen LogP contribution in [0.5, 0.6) is 11.6 Å². The fourth-order valence-electron chi connectivity index (χ4n) is 3.88. The third-order valence-corrected chi connectivity index (χ3v) is 6.77. The predicted molar refractivity (Wildman–Crippen MR) is 137 cm³/mol. The van der Waals surface area contributed by atoms with Gasteiger partial charge in [0.05, 0.1) is 0 Å². The van der Waals surface area contributed by atoms with Crippen LogP contribution in [0.3, 0.4) is 0 Å². The van der Waals surface area contributed by atoms with E-state index in [1.807, 2.05) is 23.8 Å². The van der Waals surface area contributed by atoms with Gasteiger partial charge in [-0.15, -0.1) is 0 Å². The van der Waals surface area contributed by atoms with Crippen molar-refractivity contribution in [1.29, 1.82) is 0 Å². The van der Waals surface area contributed by atoms with Gasteiger partial charge in [-0.2, -0.15) is 31.7 Å². The molecule has 0 saturated heterocycles. The number of aromatic nitrogens is 4. The third kappa shape index (κ3) is 5.85. The molecule has 14 heteroatoms. The number of pyridine rings is 2. The predicted octanol–water partition coefficient (Wildman–Crippen LogP) is 4.65. The summed E-state index contributed by atoms with van der Waals surface area (Å²) in [7, 11) is -4.44. The lowest BCUT2D eigenvalue weighted by molar-refractivity contribution is -0.141. The monoisotopic (exact) mass is 562 g/mol. The van der Waals surface area contributed by atoms with Crippen LogP contribution in [0.1, 0.15) is 39.9 Å². The third-order valence-electron chi connectivity index (χ3n) is 5.54. The zero-order valence-electron chi connectivity index (χ0n) is 21.2. The Morgan fingerprint density at radius 3 is 2.28 bits per heavy atom. The Morgan fingerprint density at radius 1 is 1.03 bits per heavy atom. The van der Waals surface area contributed by atoms with E-state index in [4.69, 9.17) is 10.5 Å². The molecule has 3 heterocycles. The van der Waals surface area contributed by atoms with Crippen LogP contribution in [0.15, 0.2) is 53.6 Å². The second-order valence-corrected chi connectivity index (χ2v) is 10.4. The smallest absolute Gasteiger partial charge is 0.435 e. The molecule has 4 aromatic rings. The summed E-state index contributed by atoms with van der Waals surface area (Å²) in [5.41, 5.74) is 6.59. The van der Waals surface area contributed by atoms with Crippen LogP contribution in [-0.2, 0) is 16.2 Å². The molecule has 0 atom stereocenters. The van der Waals surface area contributed by atoms with Crippen molar-refractivity contribution in [2.45, 2.75) is 38.9 Å². The molecule has 206 valence electrons. The molecular formula is C25H25F3N6O4S. The van der Waals surface area contributed by atoms with Crippen molar-refractivity contribution in [3.63, 3.8) is 0 Å². The number of hydrogen-bond donors (Lipinski definition) is 2. The highest BCUT2D eigenvalue weighted by Gasteiger charge is 2.35.